The Bertz CT molecular complexity index is 1160. The van der Waals surface area contributed by atoms with Gasteiger partial charge in [-0.3, -0.25) is 0 Å². The quantitative estimate of drug-likeness (QED) is 0.348. The molecule has 2 aromatic carbocycles. The van der Waals surface area contributed by atoms with Crippen molar-refractivity contribution in [3.8, 4) is 17.2 Å². The number of benzene rings is 2. The Hall–Kier alpha value is -3.15. The van der Waals surface area contributed by atoms with Crippen LogP contribution in [0.5, 0.6) is 17.2 Å². The molecule has 0 radical (unpaired) electrons. The molecule has 4 N–H and O–H groups in total. The van der Waals surface area contributed by atoms with E-state index in [9.17, 15) is 25.2 Å². The SMILES string of the molecule is CCOc1ccc2c(OCc3ccccc3)c(O[C@@H]3O[C@H](CO)[C@H](O)[C@H](O)[C@H]3O)c(=O)oc2c1. The second-order valence-electron chi connectivity index (χ2n) is 7.73. The summed E-state index contributed by atoms with van der Waals surface area (Å²) in [6.07, 6.45) is -7.75. The standard InChI is InChI=1S/C24H26O10/c1-2-30-14-8-9-15-16(10-14)32-23(29)22(21(15)31-12-13-6-4-3-5-7-13)34-24-20(28)19(27)18(26)17(11-25)33-24/h3-10,17-20,24-28H,2,11-12H2,1H3/t17-,18+,19+,20-,24+/m1/s1. The third-order valence-corrected chi connectivity index (χ3v) is 5.41. The molecule has 0 bridgehead atoms. The van der Waals surface area contributed by atoms with Gasteiger partial charge in [-0.15, -0.1) is 0 Å². The molecule has 1 aliphatic rings. The minimum Gasteiger partial charge on any atom is -0.494 e. The minimum absolute atomic E-state index is 0.0371. The van der Waals surface area contributed by atoms with Crippen molar-refractivity contribution in [1.82, 2.24) is 0 Å². The van der Waals surface area contributed by atoms with Crippen molar-refractivity contribution in [2.24, 2.45) is 0 Å². The van der Waals surface area contributed by atoms with E-state index in [4.69, 9.17) is 23.4 Å². The van der Waals surface area contributed by atoms with E-state index >= 15 is 0 Å². The van der Waals surface area contributed by atoms with Crippen LogP contribution in [0, 0.1) is 0 Å². The van der Waals surface area contributed by atoms with Crippen LogP contribution in [0.25, 0.3) is 11.0 Å². The summed E-state index contributed by atoms with van der Waals surface area (Å²) in [7, 11) is 0. The van der Waals surface area contributed by atoms with Crippen LogP contribution in [-0.4, -0.2) is 64.3 Å². The smallest absolute Gasteiger partial charge is 0.383 e. The van der Waals surface area contributed by atoms with Crippen LogP contribution >= 0.6 is 0 Å². The molecule has 2 heterocycles. The predicted molar refractivity (Wildman–Crippen MR) is 119 cm³/mol. The Morgan fingerprint density at radius 1 is 0.941 bits per heavy atom. The molecule has 0 aliphatic carbocycles. The molecule has 5 atom stereocenters. The van der Waals surface area contributed by atoms with Gasteiger partial charge in [0.25, 0.3) is 5.75 Å². The Balaban J connectivity index is 1.74. The van der Waals surface area contributed by atoms with Gasteiger partial charge in [-0.1, -0.05) is 30.3 Å². The third kappa shape index (κ3) is 4.86. The maximum Gasteiger partial charge on any atom is 0.383 e. The lowest BCUT2D eigenvalue weighted by Gasteiger charge is -2.39. The summed E-state index contributed by atoms with van der Waals surface area (Å²) in [5.74, 6) is 0.141. The van der Waals surface area contributed by atoms with E-state index in [-0.39, 0.29) is 17.9 Å². The molecular weight excluding hydrogens is 448 g/mol. The monoisotopic (exact) mass is 474 g/mol. The van der Waals surface area contributed by atoms with Crippen molar-refractivity contribution in [2.45, 2.75) is 44.2 Å². The van der Waals surface area contributed by atoms with Crippen molar-refractivity contribution < 1.29 is 43.8 Å². The largest absolute Gasteiger partial charge is 0.494 e. The zero-order valence-electron chi connectivity index (χ0n) is 18.4. The topological polar surface area (TPSA) is 148 Å². The Morgan fingerprint density at radius 2 is 1.71 bits per heavy atom. The molecule has 0 unspecified atom stereocenters. The van der Waals surface area contributed by atoms with Gasteiger partial charge >= 0.3 is 5.63 Å². The molecule has 182 valence electrons. The summed E-state index contributed by atoms with van der Waals surface area (Å²) >= 11 is 0. The lowest BCUT2D eigenvalue weighted by atomic mass is 9.99. The van der Waals surface area contributed by atoms with E-state index in [1.165, 1.54) is 0 Å². The molecule has 0 saturated carbocycles. The Morgan fingerprint density at radius 3 is 2.41 bits per heavy atom. The van der Waals surface area contributed by atoms with Crippen molar-refractivity contribution in [2.75, 3.05) is 13.2 Å². The molecule has 3 aromatic rings. The molecule has 10 nitrogen and oxygen atoms in total. The zero-order valence-corrected chi connectivity index (χ0v) is 18.4. The van der Waals surface area contributed by atoms with Crippen LogP contribution < -0.4 is 19.8 Å². The molecular formula is C24H26O10. The highest BCUT2D eigenvalue weighted by Gasteiger charge is 2.45. The molecule has 1 fully saturated rings. The van der Waals surface area contributed by atoms with Gasteiger partial charge in [0.1, 0.15) is 42.4 Å². The Kier molecular flexibility index (Phi) is 7.35. The summed E-state index contributed by atoms with van der Waals surface area (Å²) < 4.78 is 27.9. The number of ether oxygens (including phenoxy) is 4. The van der Waals surface area contributed by atoms with Gasteiger partial charge in [0.15, 0.2) is 5.75 Å². The van der Waals surface area contributed by atoms with Gasteiger partial charge in [-0.05, 0) is 24.6 Å². The van der Waals surface area contributed by atoms with E-state index in [1.54, 1.807) is 18.2 Å². The van der Waals surface area contributed by atoms with Crippen LogP contribution in [0.3, 0.4) is 0 Å². The van der Waals surface area contributed by atoms with Crippen LogP contribution in [0.15, 0.2) is 57.7 Å². The average molecular weight is 474 g/mol. The lowest BCUT2D eigenvalue weighted by Crippen LogP contribution is -2.60. The van der Waals surface area contributed by atoms with E-state index in [0.29, 0.717) is 17.7 Å². The van der Waals surface area contributed by atoms with E-state index in [1.807, 2.05) is 37.3 Å². The number of rotatable bonds is 8. The van der Waals surface area contributed by atoms with Crippen molar-refractivity contribution in [3.05, 3.63) is 64.5 Å². The van der Waals surface area contributed by atoms with Crippen molar-refractivity contribution in [3.63, 3.8) is 0 Å². The highest BCUT2D eigenvalue weighted by Crippen LogP contribution is 2.37. The summed E-state index contributed by atoms with van der Waals surface area (Å²) in [5.41, 5.74) is 0.106. The summed E-state index contributed by atoms with van der Waals surface area (Å²) in [5, 5.41) is 40.3. The first-order chi connectivity index (χ1) is 16.4. The molecule has 0 spiro atoms. The fourth-order valence-electron chi connectivity index (χ4n) is 3.65. The molecule has 1 aromatic heterocycles. The van der Waals surface area contributed by atoms with Gasteiger partial charge < -0.3 is 43.8 Å². The molecule has 0 amide bonds. The van der Waals surface area contributed by atoms with Gasteiger partial charge in [-0.2, -0.15) is 0 Å². The fraction of sp³-hybridized carbons (Fsp3) is 0.375. The summed E-state index contributed by atoms with van der Waals surface area (Å²) in [6, 6.07) is 14.1. The van der Waals surface area contributed by atoms with Gasteiger partial charge in [0, 0.05) is 6.07 Å². The predicted octanol–water partition coefficient (Wildman–Crippen LogP) is 0.949. The lowest BCUT2D eigenvalue weighted by molar-refractivity contribution is -0.278. The van der Waals surface area contributed by atoms with Gasteiger partial charge in [0.05, 0.1) is 18.6 Å². The normalized spacial score (nSPS) is 24.7. The number of fused-ring (bicyclic) bond motifs is 1. The molecule has 4 rings (SSSR count). The van der Waals surface area contributed by atoms with Crippen molar-refractivity contribution in [1.29, 1.82) is 0 Å². The Labute approximate surface area is 194 Å². The number of aliphatic hydroxyl groups excluding tert-OH is 4. The van der Waals surface area contributed by atoms with Crippen LogP contribution in [0.2, 0.25) is 0 Å². The first-order valence-corrected chi connectivity index (χ1v) is 10.8. The first kappa shape index (κ1) is 24.0. The van der Waals surface area contributed by atoms with Crippen LogP contribution in [-0.2, 0) is 11.3 Å². The first-order valence-electron chi connectivity index (χ1n) is 10.8. The molecule has 10 heteroatoms. The molecule has 34 heavy (non-hydrogen) atoms. The van der Waals surface area contributed by atoms with Gasteiger partial charge in [0.2, 0.25) is 6.29 Å². The maximum atomic E-state index is 12.9. The summed E-state index contributed by atoms with van der Waals surface area (Å²) in [4.78, 5) is 12.9. The van der Waals surface area contributed by atoms with E-state index in [2.05, 4.69) is 0 Å². The summed E-state index contributed by atoms with van der Waals surface area (Å²) in [6.45, 7) is 1.70. The van der Waals surface area contributed by atoms with Crippen molar-refractivity contribution >= 4 is 11.0 Å². The second-order valence-corrected chi connectivity index (χ2v) is 7.73. The number of aliphatic hydroxyl groups is 4. The zero-order chi connectivity index (χ0) is 24.2. The number of hydrogen-bond donors (Lipinski definition) is 4. The molecule has 1 aliphatic heterocycles. The molecule has 1 saturated heterocycles. The van der Waals surface area contributed by atoms with Gasteiger partial charge in [-0.25, -0.2) is 4.79 Å². The highest BCUT2D eigenvalue weighted by molar-refractivity contribution is 5.86. The van der Waals surface area contributed by atoms with E-state index in [0.717, 1.165) is 5.56 Å². The minimum atomic E-state index is -1.71. The maximum absolute atomic E-state index is 12.9. The van der Waals surface area contributed by atoms with Crippen LogP contribution in [0.4, 0.5) is 0 Å². The number of hydrogen-bond acceptors (Lipinski definition) is 10. The fourth-order valence-corrected chi connectivity index (χ4v) is 3.65. The third-order valence-electron chi connectivity index (χ3n) is 5.41. The second kappa shape index (κ2) is 10.4. The van der Waals surface area contributed by atoms with Crippen LogP contribution in [0.1, 0.15) is 12.5 Å². The van der Waals surface area contributed by atoms with E-state index < -0.39 is 48.7 Å². The highest BCUT2D eigenvalue weighted by atomic mass is 16.7. The average Bonchev–Trinajstić information content (AvgIpc) is 2.84.